The van der Waals surface area contributed by atoms with E-state index < -0.39 is 5.60 Å². The summed E-state index contributed by atoms with van der Waals surface area (Å²) in [6.07, 6.45) is 7.58. The fraction of sp³-hybridized carbons (Fsp3) is 0.533. The van der Waals surface area contributed by atoms with Gasteiger partial charge >= 0.3 is 12.1 Å². The van der Waals surface area contributed by atoms with Gasteiger partial charge in [0.2, 0.25) is 0 Å². The maximum absolute atomic E-state index is 12.7. The lowest BCUT2D eigenvalue weighted by Gasteiger charge is -2.35. The zero-order chi connectivity index (χ0) is 26.3. The van der Waals surface area contributed by atoms with Crippen molar-refractivity contribution >= 4 is 17.8 Å². The predicted octanol–water partition coefficient (Wildman–Crippen LogP) is 6.05. The minimum absolute atomic E-state index is 0.142. The normalized spacial score (nSPS) is 15.6. The van der Waals surface area contributed by atoms with Crippen molar-refractivity contribution in [3.63, 3.8) is 0 Å². The van der Waals surface area contributed by atoms with Gasteiger partial charge in [-0.2, -0.15) is 0 Å². The topological polar surface area (TPSA) is 71.1 Å². The standard InChI is InChI=1S/C30H41N3O4/c1-30(2,3)37-29(35)33-20-18-32(19-21-33)28(34)31-25-16-14-23(15-17-25)9-6-7-22-36-27-13-8-11-24-10-4-5-12-26(24)27/h8,11,13-17H,4-7,9-10,12,18-22H2,1-3H3,(H,31,34). The zero-order valence-corrected chi connectivity index (χ0v) is 22.6. The molecule has 0 saturated carbocycles. The highest BCUT2D eigenvalue weighted by molar-refractivity contribution is 5.89. The van der Waals surface area contributed by atoms with Crippen molar-refractivity contribution in [2.75, 3.05) is 38.1 Å². The predicted molar refractivity (Wildman–Crippen MR) is 146 cm³/mol. The number of urea groups is 1. The number of anilines is 1. The Balaban J connectivity index is 1.14. The smallest absolute Gasteiger partial charge is 0.410 e. The van der Waals surface area contributed by atoms with Crippen LogP contribution in [0.4, 0.5) is 15.3 Å². The lowest BCUT2D eigenvalue weighted by Crippen LogP contribution is -2.52. The first-order valence-corrected chi connectivity index (χ1v) is 13.6. The number of rotatable bonds is 7. The van der Waals surface area contributed by atoms with Gasteiger partial charge in [0.1, 0.15) is 11.4 Å². The molecule has 1 saturated heterocycles. The van der Waals surface area contributed by atoms with Crippen LogP contribution in [0.5, 0.6) is 5.75 Å². The average Bonchev–Trinajstić information content (AvgIpc) is 2.88. The van der Waals surface area contributed by atoms with Crippen LogP contribution in [0.15, 0.2) is 42.5 Å². The third kappa shape index (κ3) is 7.88. The molecule has 1 fully saturated rings. The van der Waals surface area contributed by atoms with Crippen molar-refractivity contribution in [2.24, 2.45) is 0 Å². The molecular weight excluding hydrogens is 466 g/mol. The first-order valence-electron chi connectivity index (χ1n) is 13.6. The largest absolute Gasteiger partial charge is 0.493 e. The molecule has 0 aromatic heterocycles. The van der Waals surface area contributed by atoms with E-state index in [0.717, 1.165) is 43.7 Å². The van der Waals surface area contributed by atoms with Gasteiger partial charge in [0, 0.05) is 31.9 Å². The van der Waals surface area contributed by atoms with Crippen molar-refractivity contribution < 1.29 is 19.1 Å². The molecule has 0 atom stereocenters. The van der Waals surface area contributed by atoms with Crippen molar-refractivity contribution in [1.29, 1.82) is 0 Å². The van der Waals surface area contributed by atoms with Crippen LogP contribution in [-0.4, -0.2) is 60.3 Å². The summed E-state index contributed by atoms with van der Waals surface area (Å²) in [5, 5.41) is 2.97. The summed E-state index contributed by atoms with van der Waals surface area (Å²) in [5.41, 5.74) is 4.38. The number of piperazine rings is 1. The fourth-order valence-electron chi connectivity index (χ4n) is 4.87. The van der Waals surface area contributed by atoms with Crippen molar-refractivity contribution in [3.8, 4) is 5.75 Å². The Morgan fingerprint density at radius 3 is 2.32 bits per heavy atom. The summed E-state index contributed by atoms with van der Waals surface area (Å²) in [6.45, 7) is 8.21. The Bertz CT molecular complexity index is 1050. The van der Waals surface area contributed by atoms with Crippen LogP contribution in [0.1, 0.15) is 63.1 Å². The van der Waals surface area contributed by atoms with E-state index in [1.165, 1.54) is 36.0 Å². The van der Waals surface area contributed by atoms with Crippen molar-refractivity contribution in [2.45, 2.75) is 71.3 Å². The highest BCUT2D eigenvalue weighted by Crippen LogP contribution is 2.29. The summed E-state index contributed by atoms with van der Waals surface area (Å²) >= 11 is 0. The number of ether oxygens (including phenoxy) is 2. The molecule has 1 N–H and O–H groups in total. The summed E-state index contributed by atoms with van der Waals surface area (Å²) in [7, 11) is 0. The highest BCUT2D eigenvalue weighted by Gasteiger charge is 2.27. The third-order valence-electron chi connectivity index (χ3n) is 6.89. The molecule has 1 aliphatic carbocycles. The summed E-state index contributed by atoms with van der Waals surface area (Å²) in [6, 6.07) is 14.4. The lowest BCUT2D eigenvalue weighted by atomic mass is 9.91. The van der Waals surface area contributed by atoms with E-state index in [1.807, 2.05) is 32.9 Å². The number of fused-ring (bicyclic) bond motifs is 1. The van der Waals surface area contributed by atoms with E-state index >= 15 is 0 Å². The molecule has 37 heavy (non-hydrogen) atoms. The Hall–Kier alpha value is -3.22. The minimum Gasteiger partial charge on any atom is -0.493 e. The number of nitrogens with zero attached hydrogens (tertiary/aromatic N) is 2. The second-order valence-electron chi connectivity index (χ2n) is 11.0. The molecule has 200 valence electrons. The molecule has 2 aliphatic rings. The van der Waals surface area contributed by atoms with Gasteiger partial charge in [-0.1, -0.05) is 24.3 Å². The Kier molecular flexibility index (Phi) is 8.95. The van der Waals surface area contributed by atoms with Gasteiger partial charge in [0.25, 0.3) is 0 Å². The molecule has 0 unspecified atom stereocenters. The van der Waals surface area contributed by atoms with Gasteiger partial charge in [-0.05, 0) is 101 Å². The average molecular weight is 508 g/mol. The van der Waals surface area contributed by atoms with Gasteiger partial charge in [-0.25, -0.2) is 9.59 Å². The maximum Gasteiger partial charge on any atom is 0.410 e. The molecule has 1 aliphatic heterocycles. The number of carbonyl (C=O) groups is 2. The highest BCUT2D eigenvalue weighted by atomic mass is 16.6. The minimum atomic E-state index is -0.521. The molecular formula is C30H41N3O4. The molecule has 4 rings (SSSR count). The molecule has 2 aromatic rings. The van der Waals surface area contributed by atoms with E-state index in [0.29, 0.717) is 26.2 Å². The van der Waals surface area contributed by atoms with E-state index in [1.54, 1.807) is 9.80 Å². The number of aryl methyl sites for hydroxylation is 2. The molecule has 0 radical (unpaired) electrons. The van der Waals surface area contributed by atoms with Gasteiger partial charge in [0.15, 0.2) is 0 Å². The first kappa shape index (κ1) is 26.8. The van der Waals surface area contributed by atoms with Crippen LogP contribution >= 0.6 is 0 Å². The molecule has 7 nitrogen and oxygen atoms in total. The van der Waals surface area contributed by atoms with Crippen LogP contribution in [0, 0.1) is 0 Å². The van der Waals surface area contributed by atoms with Crippen LogP contribution in [0.25, 0.3) is 0 Å². The van der Waals surface area contributed by atoms with Crippen LogP contribution in [-0.2, 0) is 24.0 Å². The number of benzene rings is 2. The number of unbranched alkanes of at least 4 members (excludes halogenated alkanes) is 1. The molecule has 1 heterocycles. The lowest BCUT2D eigenvalue weighted by molar-refractivity contribution is 0.0174. The molecule has 0 bridgehead atoms. The summed E-state index contributed by atoms with van der Waals surface area (Å²) in [5.74, 6) is 1.07. The molecule has 2 aromatic carbocycles. The first-order chi connectivity index (χ1) is 17.8. The Labute approximate surface area is 221 Å². The van der Waals surface area contributed by atoms with E-state index in [9.17, 15) is 9.59 Å². The van der Waals surface area contributed by atoms with Gasteiger partial charge in [0.05, 0.1) is 6.61 Å². The van der Waals surface area contributed by atoms with Crippen LogP contribution < -0.4 is 10.1 Å². The van der Waals surface area contributed by atoms with E-state index in [-0.39, 0.29) is 12.1 Å². The SMILES string of the molecule is CC(C)(C)OC(=O)N1CCN(C(=O)Nc2ccc(CCCCOc3cccc4c3CCCC4)cc2)CC1. The van der Waals surface area contributed by atoms with Gasteiger partial charge in [-0.3, -0.25) is 0 Å². The Morgan fingerprint density at radius 1 is 0.892 bits per heavy atom. The second kappa shape index (κ2) is 12.3. The zero-order valence-electron chi connectivity index (χ0n) is 22.6. The second-order valence-corrected chi connectivity index (χ2v) is 11.0. The summed E-state index contributed by atoms with van der Waals surface area (Å²) < 4.78 is 11.5. The summed E-state index contributed by atoms with van der Waals surface area (Å²) in [4.78, 5) is 28.3. The van der Waals surface area contributed by atoms with Gasteiger partial charge in [-0.15, -0.1) is 0 Å². The quantitative estimate of drug-likeness (QED) is 0.463. The maximum atomic E-state index is 12.7. The monoisotopic (exact) mass is 507 g/mol. The number of carbonyl (C=O) groups excluding carboxylic acids is 2. The van der Waals surface area contributed by atoms with Crippen LogP contribution in [0.2, 0.25) is 0 Å². The van der Waals surface area contributed by atoms with Crippen LogP contribution in [0.3, 0.4) is 0 Å². The number of hydrogen-bond donors (Lipinski definition) is 1. The number of hydrogen-bond acceptors (Lipinski definition) is 4. The molecule has 3 amide bonds. The molecule has 0 spiro atoms. The van der Waals surface area contributed by atoms with E-state index in [4.69, 9.17) is 9.47 Å². The van der Waals surface area contributed by atoms with Crippen molar-refractivity contribution in [3.05, 3.63) is 59.2 Å². The molecule has 7 heteroatoms. The Morgan fingerprint density at radius 2 is 1.59 bits per heavy atom. The van der Waals surface area contributed by atoms with Gasteiger partial charge < -0.3 is 24.6 Å². The number of nitrogens with one attached hydrogen (secondary N) is 1. The number of amides is 3. The fourth-order valence-corrected chi connectivity index (χ4v) is 4.87. The van der Waals surface area contributed by atoms with E-state index in [2.05, 4.69) is 35.6 Å². The third-order valence-corrected chi connectivity index (χ3v) is 6.89. The van der Waals surface area contributed by atoms with Crippen molar-refractivity contribution in [1.82, 2.24) is 9.80 Å².